The summed E-state index contributed by atoms with van der Waals surface area (Å²) in [4.78, 5) is 32.3. The lowest BCUT2D eigenvalue weighted by Gasteiger charge is -2.45. The third-order valence-electron chi connectivity index (χ3n) is 7.02. The molecule has 2 aliphatic heterocycles. The number of alkyl halides is 3. The van der Waals surface area contributed by atoms with Crippen molar-refractivity contribution in [1.82, 2.24) is 14.5 Å². The maximum atomic E-state index is 14.4. The van der Waals surface area contributed by atoms with Crippen LogP contribution >= 0.6 is 0 Å². The number of anilines is 1. The quantitative estimate of drug-likeness (QED) is 0.713. The van der Waals surface area contributed by atoms with Gasteiger partial charge in [0.25, 0.3) is 5.92 Å². The second kappa shape index (κ2) is 7.78. The molecule has 1 aromatic heterocycles. The summed E-state index contributed by atoms with van der Waals surface area (Å²) in [6.07, 6.45) is 1.15. The summed E-state index contributed by atoms with van der Waals surface area (Å²) >= 11 is 0. The van der Waals surface area contributed by atoms with Crippen LogP contribution < -0.4 is 4.90 Å². The molecule has 33 heavy (non-hydrogen) atoms. The molecule has 1 fully saturated rings. The monoisotopic (exact) mass is 462 g/mol. The predicted molar refractivity (Wildman–Crippen MR) is 113 cm³/mol. The zero-order chi connectivity index (χ0) is 23.4. The van der Waals surface area contributed by atoms with Crippen molar-refractivity contribution in [3.63, 3.8) is 0 Å². The topological polar surface area (TPSA) is 78.7 Å². The normalized spacial score (nSPS) is 18.9. The van der Waals surface area contributed by atoms with Crippen LogP contribution in [0.4, 0.5) is 23.7 Å². The van der Waals surface area contributed by atoms with Crippen LogP contribution in [0.3, 0.4) is 0 Å². The fourth-order valence-corrected chi connectivity index (χ4v) is 5.35. The number of halogens is 3. The summed E-state index contributed by atoms with van der Waals surface area (Å²) in [5.74, 6) is -3.11. The molecule has 0 radical (unpaired) electrons. The number of aryl methyl sites for hydroxylation is 1. The number of aromatic nitrogens is 2. The Kier molecular flexibility index (Phi) is 5.13. The van der Waals surface area contributed by atoms with E-state index < -0.39 is 37.1 Å². The molecule has 1 N–H and O–H groups in total. The second-order valence-corrected chi connectivity index (χ2v) is 9.14. The smallest absolute Gasteiger partial charge is 0.407 e. The lowest BCUT2D eigenvalue weighted by Crippen LogP contribution is -2.65. The molecular weight excluding hydrogens is 437 g/mol. The molecule has 5 rings (SSSR count). The molecule has 176 valence electrons. The predicted octanol–water partition coefficient (Wildman–Crippen LogP) is 3.54. The summed E-state index contributed by atoms with van der Waals surface area (Å²) in [5.41, 5.74) is 1.95. The highest BCUT2D eigenvalue weighted by Crippen LogP contribution is 2.48. The van der Waals surface area contributed by atoms with Gasteiger partial charge in [-0.05, 0) is 37.3 Å². The highest BCUT2D eigenvalue weighted by atomic mass is 19.3. The first-order valence-electron chi connectivity index (χ1n) is 11.2. The molecule has 10 heteroatoms. The molecular formula is C23H25F3N4O3. The van der Waals surface area contributed by atoms with Crippen LogP contribution in [0.2, 0.25) is 0 Å². The molecule has 3 heterocycles. The molecule has 0 saturated carbocycles. The second-order valence-electron chi connectivity index (χ2n) is 9.14. The van der Waals surface area contributed by atoms with Gasteiger partial charge in [0.15, 0.2) is 0 Å². The number of carbonyl (C=O) groups is 2. The molecule has 1 saturated heterocycles. The lowest BCUT2D eigenvalue weighted by atomic mass is 9.75. The third kappa shape index (κ3) is 3.46. The standard InChI is InChI=1S/C23H25F3N4O3/c24-10-9-23(25,26)14-30-18-8-4-2-6-16(18)27-19(30)11-29-17-7-3-1-5-15(17)22(20(29)31)12-28(13-22)21(32)33/h1,3,5,7H,2,4,6,8-14H2,(H,32,33). The minimum Gasteiger partial charge on any atom is -0.465 e. The molecule has 0 bridgehead atoms. The molecule has 2 aromatic rings. The maximum Gasteiger partial charge on any atom is 0.407 e. The highest BCUT2D eigenvalue weighted by Gasteiger charge is 2.59. The van der Waals surface area contributed by atoms with Crippen molar-refractivity contribution in [2.24, 2.45) is 0 Å². The number of fused-ring (bicyclic) bond motifs is 3. The van der Waals surface area contributed by atoms with E-state index in [9.17, 15) is 27.9 Å². The number of nitrogens with zero attached hydrogens (tertiary/aromatic N) is 4. The number of imidazole rings is 1. The number of rotatable bonds is 6. The van der Waals surface area contributed by atoms with Gasteiger partial charge in [-0.15, -0.1) is 0 Å². The van der Waals surface area contributed by atoms with Crippen molar-refractivity contribution in [1.29, 1.82) is 0 Å². The molecule has 0 unspecified atom stereocenters. The van der Waals surface area contributed by atoms with Gasteiger partial charge in [0, 0.05) is 30.9 Å². The first kappa shape index (κ1) is 21.8. The maximum absolute atomic E-state index is 14.4. The van der Waals surface area contributed by atoms with Crippen LogP contribution in [0.25, 0.3) is 0 Å². The van der Waals surface area contributed by atoms with Crippen molar-refractivity contribution in [3.05, 3.63) is 47.0 Å². The van der Waals surface area contributed by atoms with Crippen LogP contribution in [-0.4, -0.2) is 57.2 Å². The number of hydrogen-bond donors (Lipinski definition) is 1. The minimum atomic E-state index is -3.22. The molecule has 0 atom stereocenters. The number of likely N-dealkylation sites (tertiary alicyclic amines) is 1. The van der Waals surface area contributed by atoms with Crippen LogP contribution in [0.5, 0.6) is 0 Å². The van der Waals surface area contributed by atoms with Crippen molar-refractivity contribution in [2.75, 3.05) is 24.7 Å². The van der Waals surface area contributed by atoms with Gasteiger partial charge < -0.3 is 19.5 Å². The SMILES string of the molecule is O=C(O)N1CC2(C1)C(=O)N(Cc1nc3c(n1CC(F)(F)CCF)CCCC3)c1ccccc12. The van der Waals surface area contributed by atoms with Gasteiger partial charge in [-0.1, -0.05) is 18.2 Å². The molecule has 3 aliphatic rings. The number of benzene rings is 1. The van der Waals surface area contributed by atoms with Crippen molar-refractivity contribution in [2.45, 2.75) is 56.5 Å². The van der Waals surface area contributed by atoms with Crippen LogP contribution in [0, 0.1) is 0 Å². The van der Waals surface area contributed by atoms with Crippen LogP contribution in [-0.2, 0) is 36.1 Å². The first-order valence-corrected chi connectivity index (χ1v) is 11.2. The third-order valence-corrected chi connectivity index (χ3v) is 7.02. The molecule has 1 aliphatic carbocycles. The van der Waals surface area contributed by atoms with Gasteiger partial charge in [-0.25, -0.2) is 18.6 Å². The largest absolute Gasteiger partial charge is 0.465 e. The van der Waals surface area contributed by atoms with Crippen molar-refractivity contribution in [3.8, 4) is 0 Å². The summed E-state index contributed by atoms with van der Waals surface area (Å²) in [6.45, 7) is -1.65. The van der Waals surface area contributed by atoms with Crippen molar-refractivity contribution < 1.29 is 27.9 Å². The van der Waals surface area contributed by atoms with E-state index >= 15 is 0 Å². The number of para-hydroxylation sites is 1. The van der Waals surface area contributed by atoms with Gasteiger partial charge in [0.1, 0.15) is 11.2 Å². The Labute approximate surface area is 188 Å². The van der Waals surface area contributed by atoms with Gasteiger partial charge in [-0.2, -0.15) is 0 Å². The van der Waals surface area contributed by atoms with E-state index in [-0.39, 0.29) is 25.5 Å². The average molecular weight is 462 g/mol. The van der Waals surface area contributed by atoms with Gasteiger partial charge >= 0.3 is 6.09 Å². The summed E-state index contributed by atoms with van der Waals surface area (Å²) < 4.78 is 43.1. The fourth-order valence-electron chi connectivity index (χ4n) is 5.35. The lowest BCUT2D eigenvalue weighted by molar-refractivity contribution is -0.128. The Bertz CT molecular complexity index is 1110. The number of hydrogen-bond acceptors (Lipinski definition) is 3. The summed E-state index contributed by atoms with van der Waals surface area (Å²) in [7, 11) is 0. The summed E-state index contributed by atoms with van der Waals surface area (Å²) in [6, 6.07) is 7.20. The summed E-state index contributed by atoms with van der Waals surface area (Å²) in [5, 5.41) is 9.28. The number of amides is 2. The Morgan fingerprint density at radius 3 is 2.64 bits per heavy atom. The first-order chi connectivity index (χ1) is 15.8. The Hall–Kier alpha value is -3.04. The molecule has 7 nitrogen and oxygen atoms in total. The van der Waals surface area contributed by atoms with Crippen LogP contribution in [0.1, 0.15) is 42.0 Å². The highest BCUT2D eigenvalue weighted by molar-refractivity contribution is 6.09. The van der Waals surface area contributed by atoms with E-state index in [1.54, 1.807) is 18.2 Å². The zero-order valence-corrected chi connectivity index (χ0v) is 18.1. The van der Waals surface area contributed by atoms with E-state index in [0.717, 1.165) is 29.8 Å². The van der Waals surface area contributed by atoms with Gasteiger partial charge in [0.2, 0.25) is 5.91 Å². The molecule has 2 amide bonds. The van der Waals surface area contributed by atoms with E-state index in [4.69, 9.17) is 0 Å². The van der Waals surface area contributed by atoms with Gasteiger partial charge in [0.05, 0.1) is 25.5 Å². The number of carbonyl (C=O) groups excluding carboxylic acids is 1. The van der Waals surface area contributed by atoms with E-state index in [1.165, 1.54) is 14.4 Å². The van der Waals surface area contributed by atoms with E-state index in [1.807, 2.05) is 6.07 Å². The van der Waals surface area contributed by atoms with Crippen molar-refractivity contribution >= 4 is 17.7 Å². The van der Waals surface area contributed by atoms with Gasteiger partial charge in [-0.3, -0.25) is 9.18 Å². The van der Waals surface area contributed by atoms with Crippen LogP contribution in [0.15, 0.2) is 24.3 Å². The Morgan fingerprint density at radius 2 is 1.91 bits per heavy atom. The number of carboxylic acid groups (broad SMARTS) is 1. The van der Waals surface area contributed by atoms with E-state index in [2.05, 4.69) is 4.98 Å². The Balaban J connectivity index is 1.50. The molecule has 1 aromatic carbocycles. The minimum absolute atomic E-state index is 0.00335. The van der Waals surface area contributed by atoms with E-state index in [0.29, 0.717) is 24.4 Å². The fraction of sp³-hybridized carbons (Fsp3) is 0.522. The Morgan fingerprint density at radius 1 is 1.18 bits per heavy atom. The molecule has 1 spiro atoms. The average Bonchev–Trinajstić information content (AvgIpc) is 3.20. The zero-order valence-electron chi connectivity index (χ0n) is 18.1.